The minimum atomic E-state index is 0.0414. The molecular formula is C21H21ClN4O2. The van der Waals surface area contributed by atoms with E-state index in [1.54, 1.807) is 0 Å². The molecule has 2 aliphatic heterocycles. The highest BCUT2D eigenvalue weighted by Crippen LogP contribution is 2.30. The van der Waals surface area contributed by atoms with Crippen molar-refractivity contribution in [2.45, 2.75) is 12.8 Å². The van der Waals surface area contributed by atoms with Crippen LogP contribution in [0.2, 0.25) is 5.02 Å². The summed E-state index contributed by atoms with van der Waals surface area (Å²) in [6, 6.07) is 11.9. The van der Waals surface area contributed by atoms with Gasteiger partial charge >= 0.3 is 0 Å². The van der Waals surface area contributed by atoms with Crippen LogP contribution in [0.1, 0.15) is 11.1 Å². The number of rotatable bonds is 4. The molecule has 5 rings (SSSR count). The number of carbonyl (C=O) groups excluding carboxylic acids is 1. The molecule has 2 aromatic carbocycles. The van der Waals surface area contributed by atoms with Crippen LogP contribution in [-0.4, -0.2) is 48.7 Å². The van der Waals surface area contributed by atoms with Crippen molar-refractivity contribution >= 4 is 40.0 Å². The summed E-state index contributed by atoms with van der Waals surface area (Å²) in [5, 5.41) is 8.92. The number of benzene rings is 2. The van der Waals surface area contributed by atoms with E-state index < -0.39 is 0 Å². The van der Waals surface area contributed by atoms with Gasteiger partial charge in [0.25, 0.3) is 0 Å². The maximum atomic E-state index is 11.6. The number of halogens is 1. The third-order valence-electron chi connectivity index (χ3n) is 5.62. The van der Waals surface area contributed by atoms with Gasteiger partial charge in [-0.3, -0.25) is 9.69 Å². The number of nitrogens with one attached hydrogen (secondary N) is 1. The average Bonchev–Trinajstić information content (AvgIpc) is 3.29. The van der Waals surface area contributed by atoms with E-state index in [-0.39, 0.29) is 5.91 Å². The Morgan fingerprint density at radius 1 is 1.14 bits per heavy atom. The number of piperazine rings is 1. The van der Waals surface area contributed by atoms with Crippen LogP contribution in [0.25, 0.3) is 11.0 Å². The van der Waals surface area contributed by atoms with Gasteiger partial charge in [0.15, 0.2) is 11.4 Å². The summed E-state index contributed by atoms with van der Waals surface area (Å²) in [6.45, 7) is 4.75. The fourth-order valence-electron chi connectivity index (χ4n) is 4.05. The molecule has 3 heterocycles. The van der Waals surface area contributed by atoms with Crippen molar-refractivity contribution in [3.63, 3.8) is 0 Å². The van der Waals surface area contributed by atoms with Crippen molar-refractivity contribution in [1.82, 2.24) is 10.1 Å². The summed E-state index contributed by atoms with van der Waals surface area (Å²) in [4.78, 5) is 16.3. The first-order valence-corrected chi connectivity index (χ1v) is 9.98. The quantitative estimate of drug-likeness (QED) is 0.732. The Hall–Kier alpha value is -2.57. The molecule has 6 nitrogen and oxygen atoms in total. The summed E-state index contributed by atoms with van der Waals surface area (Å²) in [7, 11) is 0. The first kappa shape index (κ1) is 17.5. The number of anilines is 2. The van der Waals surface area contributed by atoms with Gasteiger partial charge in [-0.05, 0) is 35.7 Å². The number of para-hydroxylation sites is 1. The Balaban J connectivity index is 1.20. The molecule has 0 unspecified atom stereocenters. The number of carbonyl (C=O) groups is 1. The van der Waals surface area contributed by atoms with Crippen molar-refractivity contribution in [2.24, 2.45) is 0 Å². The molecule has 28 heavy (non-hydrogen) atoms. The van der Waals surface area contributed by atoms with Crippen molar-refractivity contribution in [3.05, 3.63) is 52.5 Å². The minimum absolute atomic E-state index is 0.0414. The largest absolute Gasteiger partial charge is 0.354 e. The first-order chi connectivity index (χ1) is 13.7. The SMILES string of the molecule is O=C1Cc2cc(CCN3CCN(c4noc5ccccc45)CC3)c(Cl)cc2N1. The molecule has 7 heteroatoms. The van der Waals surface area contributed by atoms with Crippen LogP contribution in [0.5, 0.6) is 0 Å². The lowest BCUT2D eigenvalue weighted by molar-refractivity contribution is -0.115. The van der Waals surface area contributed by atoms with Gasteiger partial charge in [-0.1, -0.05) is 35.0 Å². The van der Waals surface area contributed by atoms with E-state index in [4.69, 9.17) is 16.1 Å². The highest BCUT2D eigenvalue weighted by atomic mass is 35.5. The fourth-order valence-corrected chi connectivity index (χ4v) is 4.31. The van der Waals surface area contributed by atoms with Gasteiger partial charge in [0.05, 0.1) is 11.8 Å². The highest BCUT2D eigenvalue weighted by molar-refractivity contribution is 6.32. The summed E-state index contributed by atoms with van der Waals surface area (Å²) in [5.74, 6) is 0.980. The van der Waals surface area contributed by atoms with Crippen molar-refractivity contribution in [1.29, 1.82) is 0 Å². The van der Waals surface area contributed by atoms with E-state index in [0.717, 1.165) is 77.8 Å². The first-order valence-electron chi connectivity index (χ1n) is 9.60. The molecule has 0 radical (unpaired) electrons. The zero-order chi connectivity index (χ0) is 19.1. The maximum absolute atomic E-state index is 11.6. The number of aromatic nitrogens is 1. The number of amides is 1. The number of hydrogen-bond donors (Lipinski definition) is 1. The molecule has 0 saturated carbocycles. The van der Waals surface area contributed by atoms with Gasteiger partial charge in [0, 0.05) is 43.4 Å². The Kier molecular flexibility index (Phi) is 4.45. The molecule has 0 spiro atoms. The zero-order valence-corrected chi connectivity index (χ0v) is 16.2. The Labute approximate surface area is 168 Å². The third-order valence-corrected chi connectivity index (χ3v) is 5.98. The molecular weight excluding hydrogens is 376 g/mol. The monoisotopic (exact) mass is 396 g/mol. The second-order valence-corrected chi connectivity index (χ2v) is 7.81. The van der Waals surface area contributed by atoms with E-state index in [1.165, 1.54) is 0 Å². The highest BCUT2D eigenvalue weighted by Gasteiger charge is 2.23. The van der Waals surface area contributed by atoms with Gasteiger partial charge in [-0.15, -0.1) is 0 Å². The van der Waals surface area contributed by atoms with Crippen LogP contribution >= 0.6 is 11.6 Å². The van der Waals surface area contributed by atoms with Crippen LogP contribution in [0.4, 0.5) is 11.5 Å². The van der Waals surface area contributed by atoms with Crippen LogP contribution in [0.15, 0.2) is 40.9 Å². The van der Waals surface area contributed by atoms with Gasteiger partial charge in [-0.2, -0.15) is 0 Å². The molecule has 2 aliphatic rings. The lowest BCUT2D eigenvalue weighted by Crippen LogP contribution is -2.47. The second-order valence-electron chi connectivity index (χ2n) is 7.41. The van der Waals surface area contributed by atoms with Crippen LogP contribution in [-0.2, 0) is 17.6 Å². The van der Waals surface area contributed by atoms with Crippen LogP contribution < -0.4 is 10.2 Å². The molecule has 0 bridgehead atoms. The fraction of sp³-hybridized carbons (Fsp3) is 0.333. The minimum Gasteiger partial charge on any atom is -0.354 e. The molecule has 0 atom stereocenters. The van der Waals surface area contributed by atoms with Crippen molar-refractivity contribution in [2.75, 3.05) is 42.9 Å². The maximum Gasteiger partial charge on any atom is 0.228 e. The molecule has 1 saturated heterocycles. The smallest absolute Gasteiger partial charge is 0.228 e. The topological polar surface area (TPSA) is 61.6 Å². The zero-order valence-electron chi connectivity index (χ0n) is 15.4. The molecule has 1 fully saturated rings. The molecule has 3 aromatic rings. The molecule has 0 aliphatic carbocycles. The summed E-state index contributed by atoms with van der Waals surface area (Å²) < 4.78 is 5.44. The molecule has 1 aromatic heterocycles. The lowest BCUT2D eigenvalue weighted by atomic mass is 10.1. The molecule has 144 valence electrons. The predicted octanol–water partition coefficient (Wildman–Crippen LogP) is 3.34. The standard InChI is InChI=1S/C21H21ClN4O2/c22-17-13-18-15(12-20(27)23-18)11-14(17)5-6-25-7-9-26(10-8-25)21-16-3-1-2-4-19(16)28-24-21/h1-4,11,13H,5-10,12H2,(H,23,27). The normalized spacial score (nSPS) is 17.2. The molecule has 1 amide bonds. The Morgan fingerprint density at radius 2 is 1.96 bits per heavy atom. The Bertz CT molecular complexity index is 1040. The molecule has 1 N–H and O–H groups in total. The van der Waals surface area contributed by atoms with Gasteiger partial charge in [-0.25, -0.2) is 0 Å². The summed E-state index contributed by atoms with van der Waals surface area (Å²) in [6.07, 6.45) is 1.33. The van der Waals surface area contributed by atoms with Crippen molar-refractivity contribution in [3.8, 4) is 0 Å². The van der Waals surface area contributed by atoms with Crippen LogP contribution in [0, 0.1) is 0 Å². The lowest BCUT2D eigenvalue weighted by Gasteiger charge is -2.34. The Morgan fingerprint density at radius 3 is 2.82 bits per heavy atom. The summed E-state index contributed by atoms with van der Waals surface area (Å²) >= 11 is 6.42. The van der Waals surface area contributed by atoms with Gasteiger partial charge in [0.1, 0.15) is 0 Å². The second kappa shape index (κ2) is 7.11. The van der Waals surface area contributed by atoms with Gasteiger partial charge < -0.3 is 14.7 Å². The van der Waals surface area contributed by atoms with E-state index in [9.17, 15) is 4.79 Å². The number of fused-ring (bicyclic) bond motifs is 2. The average molecular weight is 397 g/mol. The van der Waals surface area contributed by atoms with E-state index >= 15 is 0 Å². The van der Waals surface area contributed by atoms with E-state index in [1.807, 2.05) is 24.3 Å². The van der Waals surface area contributed by atoms with E-state index in [2.05, 4.69) is 32.4 Å². The number of hydrogen-bond acceptors (Lipinski definition) is 5. The van der Waals surface area contributed by atoms with Gasteiger partial charge in [0.2, 0.25) is 5.91 Å². The van der Waals surface area contributed by atoms with Crippen LogP contribution in [0.3, 0.4) is 0 Å². The van der Waals surface area contributed by atoms with Crippen molar-refractivity contribution < 1.29 is 9.32 Å². The third kappa shape index (κ3) is 3.23. The van der Waals surface area contributed by atoms with E-state index in [0.29, 0.717) is 6.42 Å². The summed E-state index contributed by atoms with van der Waals surface area (Å²) in [5.41, 5.74) is 3.85. The number of nitrogens with zero attached hydrogens (tertiary/aromatic N) is 3. The predicted molar refractivity (Wildman–Crippen MR) is 110 cm³/mol.